The second kappa shape index (κ2) is 7.20. The summed E-state index contributed by atoms with van der Waals surface area (Å²) in [5.74, 6) is 0.284. The summed E-state index contributed by atoms with van der Waals surface area (Å²) >= 11 is 0. The minimum Gasteiger partial charge on any atom is -0.497 e. The second-order valence-electron chi connectivity index (χ2n) is 9.81. The lowest BCUT2D eigenvalue weighted by Crippen LogP contribution is -2.77. The molecule has 3 fully saturated rings. The molecule has 1 saturated carbocycles. The molecular formula is C26H31NO5. The van der Waals surface area contributed by atoms with E-state index in [0.717, 1.165) is 12.2 Å². The molecule has 4 bridgehead atoms. The first kappa shape index (κ1) is 21.3. The maximum atomic E-state index is 14.0. The van der Waals surface area contributed by atoms with Crippen molar-refractivity contribution >= 4 is 11.8 Å². The van der Waals surface area contributed by atoms with E-state index in [1.165, 1.54) is 17.4 Å². The molecule has 1 aromatic heterocycles. The number of Topliss-reactive ketones (excluding diaryl/α,β-unsaturated/α-hetero) is 1. The minimum atomic E-state index is -1.29. The molecule has 0 N–H and O–H groups in total. The van der Waals surface area contributed by atoms with Crippen LogP contribution in [0, 0.1) is 17.3 Å². The zero-order valence-corrected chi connectivity index (χ0v) is 19.4. The van der Waals surface area contributed by atoms with E-state index in [-0.39, 0.29) is 47.5 Å². The Bertz CT molecular complexity index is 1060. The number of hydrogen-bond acceptors (Lipinski definition) is 6. The van der Waals surface area contributed by atoms with Gasteiger partial charge in [-0.2, -0.15) is 0 Å². The van der Waals surface area contributed by atoms with E-state index in [9.17, 15) is 9.59 Å². The number of nitrogens with zero attached hydrogens (tertiary/aromatic N) is 1. The number of carbonyl (C=O) groups is 2. The molecule has 6 rings (SSSR count). The molecule has 2 aliphatic carbocycles. The van der Waals surface area contributed by atoms with Crippen LogP contribution in [0.3, 0.4) is 0 Å². The van der Waals surface area contributed by atoms with Crippen molar-refractivity contribution in [2.45, 2.75) is 51.1 Å². The second-order valence-corrected chi connectivity index (χ2v) is 9.81. The van der Waals surface area contributed by atoms with E-state index in [0.29, 0.717) is 6.42 Å². The number of ketones is 1. The number of likely N-dealkylation sites (N-methyl/N-ethyl adjacent to an activating group) is 1. The van der Waals surface area contributed by atoms with E-state index < -0.39 is 11.4 Å². The highest BCUT2D eigenvalue weighted by Gasteiger charge is 2.73. The van der Waals surface area contributed by atoms with Crippen molar-refractivity contribution in [3.8, 4) is 5.75 Å². The highest BCUT2D eigenvalue weighted by molar-refractivity contribution is 6.12. The number of esters is 1. The fourth-order valence-corrected chi connectivity index (χ4v) is 7.36. The molecule has 6 nitrogen and oxygen atoms in total. The van der Waals surface area contributed by atoms with E-state index in [2.05, 4.69) is 37.9 Å². The molecular weight excluding hydrogens is 406 g/mol. The van der Waals surface area contributed by atoms with Gasteiger partial charge < -0.3 is 13.9 Å². The van der Waals surface area contributed by atoms with Crippen LogP contribution in [0.5, 0.6) is 5.75 Å². The van der Waals surface area contributed by atoms with Crippen LogP contribution < -0.4 is 4.74 Å². The number of furan rings is 1. The number of benzene rings is 1. The fraction of sp³-hybridized carbons (Fsp3) is 0.538. The van der Waals surface area contributed by atoms with Crippen molar-refractivity contribution in [3.05, 3.63) is 53.5 Å². The lowest BCUT2D eigenvalue weighted by Gasteiger charge is -2.69. The zero-order valence-electron chi connectivity index (χ0n) is 19.4. The molecule has 2 aromatic rings. The summed E-state index contributed by atoms with van der Waals surface area (Å²) in [4.78, 5) is 29.9. The molecule has 4 aliphatic rings. The first-order chi connectivity index (χ1) is 15.3. The Balaban J connectivity index is 1.69. The third-order valence-electron chi connectivity index (χ3n) is 8.66. The molecule has 32 heavy (non-hydrogen) atoms. The smallest absolute Gasteiger partial charge is 0.322 e. The number of methoxy groups -OCH3 is 1. The molecule has 0 spiro atoms. The molecule has 3 heterocycles. The Morgan fingerprint density at radius 1 is 1.28 bits per heavy atom. The maximum absolute atomic E-state index is 14.0. The van der Waals surface area contributed by atoms with Crippen molar-refractivity contribution < 1.29 is 23.5 Å². The maximum Gasteiger partial charge on any atom is 0.322 e. The normalized spacial score (nSPS) is 35.3. The van der Waals surface area contributed by atoms with E-state index >= 15 is 0 Å². The minimum absolute atomic E-state index is 0.112. The average Bonchev–Trinajstić information content (AvgIpc) is 3.31. The SMILES string of the molecule is CCOC(=O)C1(C(=O)c2ccco2)C2C[C@@]3(C)c4cc(OC)ccc4CC(C3[C@H]1C)N2C. The van der Waals surface area contributed by atoms with Crippen molar-refractivity contribution in [1.29, 1.82) is 0 Å². The van der Waals surface area contributed by atoms with Crippen molar-refractivity contribution in [2.24, 2.45) is 17.3 Å². The molecule has 0 amide bonds. The van der Waals surface area contributed by atoms with Crippen LogP contribution in [0.2, 0.25) is 0 Å². The monoisotopic (exact) mass is 437 g/mol. The van der Waals surface area contributed by atoms with Gasteiger partial charge in [-0.1, -0.05) is 19.9 Å². The van der Waals surface area contributed by atoms with Crippen molar-refractivity contribution in [2.75, 3.05) is 20.8 Å². The predicted molar refractivity (Wildman–Crippen MR) is 119 cm³/mol. The lowest BCUT2D eigenvalue weighted by atomic mass is 9.41. The van der Waals surface area contributed by atoms with Gasteiger partial charge in [-0.15, -0.1) is 0 Å². The van der Waals surface area contributed by atoms with Crippen LogP contribution in [-0.4, -0.2) is 49.5 Å². The number of carbonyl (C=O) groups excluding carboxylic acids is 2. The molecule has 170 valence electrons. The topological polar surface area (TPSA) is 69.0 Å². The third kappa shape index (κ3) is 2.50. The summed E-state index contributed by atoms with van der Waals surface area (Å²) in [5, 5.41) is 0. The van der Waals surface area contributed by atoms with Gasteiger partial charge in [0.2, 0.25) is 5.78 Å². The Kier molecular flexibility index (Phi) is 4.79. The molecule has 2 saturated heterocycles. The number of hydrogen-bond donors (Lipinski definition) is 0. The van der Waals surface area contributed by atoms with Gasteiger partial charge in [0.15, 0.2) is 11.2 Å². The van der Waals surface area contributed by atoms with Gasteiger partial charge in [0.05, 0.1) is 20.0 Å². The molecule has 0 radical (unpaired) electrons. The zero-order chi connectivity index (χ0) is 22.8. The first-order valence-electron chi connectivity index (χ1n) is 11.5. The fourth-order valence-electron chi connectivity index (χ4n) is 7.36. The van der Waals surface area contributed by atoms with Crippen LogP contribution in [0.15, 0.2) is 41.0 Å². The van der Waals surface area contributed by atoms with E-state index in [1.807, 2.05) is 6.07 Å². The van der Waals surface area contributed by atoms with Crippen LogP contribution in [-0.2, 0) is 21.4 Å². The predicted octanol–water partition coefficient (Wildman–Crippen LogP) is 3.87. The van der Waals surface area contributed by atoms with E-state index in [1.54, 1.807) is 26.2 Å². The van der Waals surface area contributed by atoms with Crippen LogP contribution in [0.25, 0.3) is 0 Å². The Hall–Kier alpha value is -2.60. The quantitative estimate of drug-likeness (QED) is 0.402. The van der Waals surface area contributed by atoms with Gasteiger partial charge in [-0.05, 0) is 79.5 Å². The number of ether oxygens (including phenoxy) is 2. The summed E-state index contributed by atoms with van der Waals surface area (Å²) in [7, 11) is 3.75. The average molecular weight is 438 g/mol. The highest BCUT2D eigenvalue weighted by atomic mass is 16.5. The molecule has 6 heteroatoms. The summed E-state index contributed by atoms with van der Waals surface area (Å²) in [6.45, 7) is 6.39. The Labute approximate surface area is 188 Å². The molecule has 4 unspecified atom stereocenters. The summed E-state index contributed by atoms with van der Waals surface area (Å²) < 4.78 is 16.6. The van der Waals surface area contributed by atoms with Crippen molar-refractivity contribution in [1.82, 2.24) is 4.90 Å². The van der Waals surface area contributed by atoms with Gasteiger partial charge >= 0.3 is 5.97 Å². The van der Waals surface area contributed by atoms with Gasteiger partial charge in [-0.3, -0.25) is 14.5 Å². The number of rotatable bonds is 5. The van der Waals surface area contributed by atoms with Gasteiger partial charge in [0.1, 0.15) is 5.75 Å². The number of piperidine rings is 2. The number of fused-ring (bicyclic) bond motifs is 2. The summed E-state index contributed by atoms with van der Waals surface area (Å²) in [6.07, 6.45) is 3.07. The molecule has 6 atom stereocenters. The standard InChI is InChI=1S/C26H31NO5/c1-6-31-24(29)26(23(28)20-8-7-11-32-20)15(2)22-19-12-16-9-10-17(30-5)13-18(16)25(22,3)14-21(26)27(19)4/h7-11,13,15,19,21-22H,6,12,14H2,1-5H3/t15-,19?,21?,22?,25+,26?/m1/s1. The first-order valence-corrected chi connectivity index (χ1v) is 11.5. The van der Waals surface area contributed by atoms with Crippen LogP contribution in [0.4, 0.5) is 0 Å². The molecule has 2 aliphatic heterocycles. The largest absolute Gasteiger partial charge is 0.497 e. The van der Waals surface area contributed by atoms with Crippen LogP contribution >= 0.6 is 0 Å². The summed E-state index contributed by atoms with van der Waals surface area (Å²) in [5.41, 5.74) is 1.15. The highest BCUT2D eigenvalue weighted by Crippen LogP contribution is 2.65. The summed E-state index contributed by atoms with van der Waals surface area (Å²) in [6, 6.07) is 9.66. The van der Waals surface area contributed by atoms with Crippen molar-refractivity contribution in [3.63, 3.8) is 0 Å². The lowest BCUT2D eigenvalue weighted by molar-refractivity contribution is -0.191. The van der Waals surface area contributed by atoms with Gasteiger partial charge in [0.25, 0.3) is 0 Å². The Morgan fingerprint density at radius 3 is 2.72 bits per heavy atom. The van der Waals surface area contributed by atoms with Crippen LogP contribution in [0.1, 0.15) is 48.9 Å². The third-order valence-corrected chi connectivity index (χ3v) is 8.66. The molecule has 1 aromatic carbocycles. The van der Waals surface area contributed by atoms with Gasteiger partial charge in [0, 0.05) is 12.1 Å². The van der Waals surface area contributed by atoms with E-state index in [4.69, 9.17) is 13.9 Å². The van der Waals surface area contributed by atoms with Gasteiger partial charge in [-0.25, -0.2) is 0 Å². The Morgan fingerprint density at radius 2 is 2.06 bits per heavy atom.